The SMILES string of the molecule is CC(C)c1ccccc1OCC(O)CN1C(=O)NC(C)(CCc2ccc(OC(F)F)cc2)C1=O. The summed E-state index contributed by atoms with van der Waals surface area (Å²) in [7, 11) is 0. The molecule has 2 N–H and O–H groups in total. The fourth-order valence-electron chi connectivity index (χ4n) is 3.85. The van der Waals surface area contributed by atoms with Crippen molar-refractivity contribution in [2.75, 3.05) is 13.2 Å². The Hall–Kier alpha value is -3.20. The van der Waals surface area contributed by atoms with Crippen LogP contribution in [0.15, 0.2) is 48.5 Å². The van der Waals surface area contributed by atoms with Crippen LogP contribution < -0.4 is 14.8 Å². The van der Waals surface area contributed by atoms with Gasteiger partial charge in [0, 0.05) is 0 Å². The summed E-state index contributed by atoms with van der Waals surface area (Å²) in [6, 6.07) is 13.1. The fourth-order valence-corrected chi connectivity index (χ4v) is 3.85. The number of aliphatic hydroxyl groups is 1. The van der Waals surface area contributed by atoms with Gasteiger partial charge < -0.3 is 19.9 Å². The van der Waals surface area contributed by atoms with Crippen LogP contribution in [-0.2, 0) is 11.2 Å². The highest BCUT2D eigenvalue weighted by molar-refractivity contribution is 6.06. The van der Waals surface area contributed by atoms with Crippen LogP contribution in [0.5, 0.6) is 11.5 Å². The number of amides is 3. The maximum atomic E-state index is 13.0. The molecule has 1 aliphatic rings. The molecule has 1 aliphatic heterocycles. The second-order valence-electron chi connectivity index (χ2n) is 8.86. The molecule has 184 valence electrons. The molecule has 1 heterocycles. The molecule has 0 aromatic heterocycles. The smallest absolute Gasteiger partial charge is 0.387 e. The number of aryl methyl sites for hydroxylation is 1. The first kappa shape index (κ1) is 25.4. The molecule has 0 radical (unpaired) electrons. The highest BCUT2D eigenvalue weighted by Crippen LogP contribution is 2.27. The molecule has 0 saturated carbocycles. The van der Waals surface area contributed by atoms with Gasteiger partial charge in [-0.25, -0.2) is 4.79 Å². The molecule has 2 aromatic rings. The average molecular weight is 477 g/mol. The minimum Gasteiger partial charge on any atom is -0.491 e. The van der Waals surface area contributed by atoms with E-state index in [0.29, 0.717) is 18.6 Å². The Kier molecular flexibility index (Phi) is 8.09. The lowest BCUT2D eigenvalue weighted by Crippen LogP contribution is -2.45. The van der Waals surface area contributed by atoms with Gasteiger partial charge >= 0.3 is 12.6 Å². The largest absolute Gasteiger partial charge is 0.491 e. The van der Waals surface area contributed by atoms with Gasteiger partial charge in [-0.15, -0.1) is 0 Å². The van der Waals surface area contributed by atoms with E-state index >= 15 is 0 Å². The number of hydrogen-bond donors (Lipinski definition) is 2. The zero-order valence-electron chi connectivity index (χ0n) is 19.5. The summed E-state index contributed by atoms with van der Waals surface area (Å²) in [4.78, 5) is 26.4. The second kappa shape index (κ2) is 10.8. The van der Waals surface area contributed by atoms with E-state index in [4.69, 9.17) is 4.74 Å². The molecule has 2 unspecified atom stereocenters. The molecule has 2 atom stereocenters. The summed E-state index contributed by atoms with van der Waals surface area (Å²) < 4.78 is 34.7. The minimum absolute atomic E-state index is 0.0496. The van der Waals surface area contributed by atoms with Crippen molar-refractivity contribution in [1.29, 1.82) is 0 Å². The first-order valence-electron chi connectivity index (χ1n) is 11.2. The molecule has 1 fully saturated rings. The standard InChI is InChI=1S/C25H30F2N2O5/c1-16(2)20-6-4-5-7-21(20)33-15-18(30)14-29-22(31)25(3,28-24(29)32)13-12-17-8-10-19(11-9-17)34-23(26)27/h4-11,16,18,23,30H,12-15H2,1-3H3,(H,28,32). The molecule has 7 nitrogen and oxygen atoms in total. The van der Waals surface area contributed by atoms with Crippen molar-refractivity contribution in [3.8, 4) is 11.5 Å². The lowest BCUT2D eigenvalue weighted by Gasteiger charge is -2.23. The third-order valence-corrected chi connectivity index (χ3v) is 5.77. The normalized spacial score (nSPS) is 19.0. The maximum absolute atomic E-state index is 13.0. The van der Waals surface area contributed by atoms with Gasteiger partial charge in [0.05, 0.1) is 6.54 Å². The lowest BCUT2D eigenvalue weighted by molar-refractivity contribution is -0.132. The van der Waals surface area contributed by atoms with Crippen LogP contribution in [0.2, 0.25) is 0 Å². The summed E-state index contributed by atoms with van der Waals surface area (Å²) in [5.41, 5.74) is 0.673. The number of aliphatic hydroxyl groups excluding tert-OH is 1. The number of carbonyl (C=O) groups excluding carboxylic acids is 2. The van der Waals surface area contributed by atoms with Crippen molar-refractivity contribution in [2.45, 2.75) is 57.8 Å². The molecular formula is C25H30F2N2O5. The van der Waals surface area contributed by atoms with E-state index in [2.05, 4.69) is 10.1 Å². The van der Waals surface area contributed by atoms with E-state index in [1.54, 1.807) is 19.1 Å². The van der Waals surface area contributed by atoms with E-state index in [0.717, 1.165) is 16.0 Å². The molecule has 3 amide bonds. The first-order valence-corrected chi connectivity index (χ1v) is 11.2. The number of alkyl halides is 2. The van der Waals surface area contributed by atoms with Crippen LogP contribution in [-0.4, -0.2) is 53.4 Å². The van der Waals surface area contributed by atoms with Crippen LogP contribution in [0, 0.1) is 0 Å². The predicted octanol–water partition coefficient (Wildman–Crippen LogP) is 4.09. The quantitative estimate of drug-likeness (QED) is 0.477. The Balaban J connectivity index is 1.55. The van der Waals surface area contributed by atoms with Crippen molar-refractivity contribution < 1.29 is 33.0 Å². The maximum Gasteiger partial charge on any atom is 0.387 e. The Morgan fingerprint density at radius 3 is 2.41 bits per heavy atom. The molecular weight excluding hydrogens is 446 g/mol. The number of nitrogens with zero attached hydrogens (tertiary/aromatic N) is 1. The number of benzene rings is 2. The number of hydrogen-bond acceptors (Lipinski definition) is 5. The van der Waals surface area contributed by atoms with Crippen molar-refractivity contribution in [2.24, 2.45) is 0 Å². The second-order valence-corrected chi connectivity index (χ2v) is 8.86. The molecule has 1 saturated heterocycles. The molecule has 9 heteroatoms. The summed E-state index contributed by atoms with van der Waals surface area (Å²) in [5.74, 6) is 0.516. The van der Waals surface area contributed by atoms with Crippen LogP contribution in [0.3, 0.4) is 0 Å². The number of ether oxygens (including phenoxy) is 2. The van der Waals surface area contributed by atoms with Gasteiger partial charge in [0.15, 0.2) is 0 Å². The zero-order chi connectivity index (χ0) is 24.9. The van der Waals surface area contributed by atoms with Crippen molar-refractivity contribution >= 4 is 11.9 Å². The van der Waals surface area contributed by atoms with Crippen molar-refractivity contribution in [3.05, 3.63) is 59.7 Å². The number of halogens is 2. The van der Waals surface area contributed by atoms with Gasteiger partial charge in [-0.1, -0.05) is 44.2 Å². The van der Waals surface area contributed by atoms with Gasteiger partial charge in [0.25, 0.3) is 5.91 Å². The highest BCUT2D eigenvalue weighted by atomic mass is 19.3. The van der Waals surface area contributed by atoms with Crippen molar-refractivity contribution in [3.63, 3.8) is 0 Å². The van der Waals surface area contributed by atoms with Gasteiger partial charge in [-0.3, -0.25) is 9.69 Å². The highest BCUT2D eigenvalue weighted by Gasteiger charge is 2.47. The zero-order valence-corrected chi connectivity index (χ0v) is 19.5. The van der Waals surface area contributed by atoms with Crippen LogP contribution in [0.1, 0.15) is 44.2 Å². The Bertz CT molecular complexity index is 999. The minimum atomic E-state index is -2.90. The number of para-hydroxylation sites is 1. The van der Waals surface area contributed by atoms with Gasteiger partial charge in [0.1, 0.15) is 29.7 Å². The Labute approximate surface area is 197 Å². The predicted molar refractivity (Wildman–Crippen MR) is 122 cm³/mol. The van der Waals surface area contributed by atoms with E-state index in [9.17, 15) is 23.5 Å². The summed E-state index contributed by atoms with van der Waals surface area (Å²) >= 11 is 0. The van der Waals surface area contributed by atoms with Gasteiger partial charge in [0.2, 0.25) is 0 Å². The molecule has 0 spiro atoms. The third-order valence-electron chi connectivity index (χ3n) is 5.77. The van der Waals surface area contributed by atoms with Crippen LogP contribution >= 0.6 is 0 Å². The summed E-state index contributed by atoms with van der Waals surface area (Å²) in [6.45, 7) is 2.56. The lowest BCUT2D eigenvalue weighted by atomic mass is 9.93. The number of carbonyl (C=O) groups is 2. The summed E-state index contributed by atoms with van der Waals surface area (Å²) in [6.07, 6.45) is -0.319. The number of nitrogens with one attached hydrogen (secondary N) is 1. The van der Waals surface area contributed by atoms with Gasteiger partial charge in [-0.2, -0.15) is 8.78 Å². The van der Waals surface area contributed by atoms with Gasteiger partial charge in [-0.05, 0) is 55.0 Å². The number of rotatable bonds is 11. The topological polar surface area (TPSA) is 88.1 Å². The fraction of sp³-hybridized carbons (Fsp3) is 0.440. The molecule has 3 rings (SSSR count). The van der Waals surface area contributed by atoms with Crippen molar-refractivity contribution in [1.82, 2.24) is 10.2 Å². The molecule has 34 heavy (non-hydrogen) atoms. The van der Waals surface area contributed by atoms with Crippen LogP contribution in [0.25, 0.3) is 0 Å². The van der Waals surface area contributed by atoms with Crippen LogP contribution in [0.4, 0.5) is 13.6 Å². The Morgan fingerprint density at radius 1 is 1.09 bits per heavy atom. The molecule has 2 aromatic carbocycles. The molecule has 0 bridgehead atoms. The van der Waals surface area contributed by atoms with E-state index in [1.807, 2.05) is 38.1 Å². The molecule has 0 aliphatic carbocycles. The number of imide groups is 1. The first-order chi connectivity index (χ1) is 16.1. The number of β-amino-alcohol motifs (C(OH)–C–C–N with tert-alkyl or cyclic N) is 1. The monoisotopic (exact) mass is 476 g/mol. The average Bonchev–Trinajstić information content (AvgIpc) is 3.00. The van der Waals surface area contributed by atoms with E-state index < -0.39 is 30.2 Å². The van der Waals surface area contributed by atoms with E-state index in [1.165, 1.54) is 12.1 Å². The summed E-state index contributed by atoms with van der Waals surface area (Å²) in [5, 5.41) is 13.1. The Morgan fingerprint density at radius 2 is 1.76 bits per heavy atom. The number of urea groups is 1. The third kappa shape index (κ3) is 6.22. The van der Waals surface area contributed by atoms with E-state index in [-0.39, 0.29) is 24.8 Å².